The highest BCUT2D eigenvalue weighted by atomic mass is 32.2. The van der Waals surface area contributed by atoms with Crippen LogP contribution in [0.5, 0.6) is 0 Å². The zero-order valence-electron chi connectivity index (χ0n) is 16.8. The van der Waals surface area contributed by atoms with Crippen LogP contribution >= 0.6 is 11.8 Å². The Bertz CT molecular complexity index is 1100. The maximum Gasteiger partial charge on any atom is 0.340 e. The first-order chi connectivity index (χ1) is 14.5. The van der Waals surface area contributed by atoms with Gasteiger partial charge in [-0.25, -0.2) is 4.79 Å². The number of aryl methyl sites for hydroxylation is 1. The monoisotopic (exact) mass is 415 g/mol. The molecule has 0 N–H and O–H groups in total. The average Bonchev–Trinajstić information content (AvgIpc) is 2.79. The van der Waals surface area contributed by atoms with E-state index in [1.807, 2.05) is 37.3 Å². The number of nitrogens with zero attached hydrogens (tertiary/aromatic N) is 1. The summed E-state index contributed by atoms with van der Waals surface area (Å²) in [7, 11) is 0. The second-order valence-electron chi connectivity index (χ2n) is 6.67. The molecule has 0 bridgehead atoms. The molecule has 3 aromatic rings. The fourth-order valence-corrected chi connectivity index (χ4v) is 3.92. The maximum atomic E-state index is 12.8. The van der Waals surface area contributed by atoms with Crippen LogP contribution in [0, 0.1) is 11.3 Å². The van der Waals surface area contributed by atoms with Gasteiger partial charge in [0.15, 0.2) is 6.10 Å². The van der Waals surface area contributed by atoms with Gasteiger partial charge < -0.3 is 4.74 Å². The minimum absolute atomic E-state index is 0.244. The van der Waals surface area contributed by atoms with E-state index in [2.05, 4.69) is 6.07 Å². The van der Waals surface area contributed by atoms with E-state index in [0.29, 0.717) is 21.6 Å². The molecule has 0 heterocycles. The van der Waals surface area contributed by atoms with Crippen molar-refractivity contribution in [1.82, 2.24) is 0 Å². The summed E-state index contributed by atoms with van der Waals surface area (Å²) in [5.41, 5.74) is 2.54. The van der Waals surface area contributed by atoms with Crippen molar-refractivity contribution in [2.45, 2.75) is 36.2 Å². The Morgan fingerprint density at radius 2 is 1.60 bits per heavy atom. The molecule has 0 aliphatic carbocycles. The molecule has 0 fully saturated rings. The summed E-state index contributed by atoms with van der Waals surface area (Å²) in [6, 6.07) is 23.7. The number of hydrogen-bond acceptors (Lipinski definition) is 5. The van der Waals surface area contributed by atoms with Crippen molar-refractivity contribution >= 4 is 23.5 Å². The lowest BCUT2D eigenvalue weighted by Crippen LogP contribution is -2.24. The second-order valence-corrected chi connectivity index (χ2v) is 7.75. The van der Waals surface area contributed by atoms with Gasteiger partial charge in [0.05, 0.1) is 11.1 Å². The standard InChI is InChI=1S/C25H21NO3S/c1-3-18-12-14-19(15-13-18)24(27)17(2)29-25(28)21-9-5-7-11-23(21)30-22-10-6-4-8-20(22)16-26/h4-15,17H,3H2,1-2H3/t17-/m0/s1. The lowest BCUT2D eigenvalue weighted by molar-refractivity contribution is 0.0315. The van der Waals surface area contributed by atoms with Crippen molar-refractivity contribution in [3.8, 4) is 6.07 Å². The smallest absolute Gasteiger partial charge is 0.340 e. The van der Waals surface area contributed by atoms with Crippen LogP contribution in [-0.4, -0.2) is 17.9 Å². The number of esters is 1. The Labute approximate surface area is 180 Å². The molecule has 3 rings (SSSR count). The summed E-state index contributed by atoms with van der Waals surface area (Å²) in [4.78, 5) is 26.9. The van der Waals surface area contributed by atoms with Crippen LogP contribution in [-0.2, 0) is 11.2 Å². The second kappa shape index (κ2) is 9.91. The van der Waals surface area contributed by atoms with Gasteiger partial charge in [0.2, 0.25) is 5.78 Å². The van der Waals surface area contributed by atoms with E-state index in [1.54, 1.807) is 49.4 Å². The third kappa shape index (κ3) is 4.97. The Morgan fingerprint density at radius 3 is 2.27 bits per heavy atom. The molecular formula is C25H21NO3S. The SMILES string of the molecule is CCc1ccc(C(=O)[C@H](C)OC(=O)c2ccccc2Sc2ccccc2C#N)cc1. The molecule has 0 saturated heterocycles. The minimum Gasteiger partial charge on any atom is -0.451 e. The van der Waals surface area contributed by atoms with E-state index in [4.69, 9.17) is 4.74 Å². The largest absolute Gasteiger partial charge is 0.451 e. The lowest BCUT2D eigenvalue weighted by Gasteiger charge is -2.14. The summed E-state index contributed by atoms with van der Waals surface area (Å²) < 4.78 is 5.48. The first-order valence-corrected chi connectivity index (χ1v) is 10.4. The normalized spacial score (nSPS) is 11.4. The number of carbonyl (C=O) groups is 2. The first kappa shape index (κ1) is 21.4. The zero-order chi connectivity index (χ0) is 21.5. The number of rotatable bonds is 7. The Balaban J connectivity index is 1.77. The molecule has 0 aliphatic heterocycles. The van der Waals surface area contributed by atoms with Crippen LogP contribution in [0.3, 0.4) is 0 Å². The van der Waals surface area contributed by atoms with Crippen LogP contribution in [0.25, 0.3) is 0 Å². The van der Waals surface area contributed by atoms with Crippen LogP contribution in [0.15, 0.2) is 82.6 Å². The molecule has 0 saturated carbocycles. The maximum absolute atomic E-state index is 12.8. The van der Waals surface area contributed by atoms with Gasteiger partial charge in [-0.2, -0.15) is 5.26 Å². The van der Waals surface area contributed by atoms with E-state index in [9.17, 15) is 14.9 Å². The van der Waals surface area contributed by atoms with Gasteiger partial charge in [-0.15, -0.1) is 0 Å². The lowest BCUT2D eigenvalue weighted by atomic mass is 10.0. The first-order valence-electron chi connectivity index (χ1n) is 9.63. The third-order valence-electron chi connectivity index (χ3n) is 4.63. The fourth-order valence-electron chi connectivity index (χ4n) is 2.91. The van der Waals surface area contributed by atoms with E-state index in [0.717, 1.165) is 16.9 Å². The molecule has 0 aromatic heterocycles. The van der Waals surface area contributed by atoms with E-state index in [1.165, 1.54) is 11.8 Å². The highest BCUT2D eigenvalue weighted by Gasteiger charge is 2.22. The van der Waals surface area contributed by atoms with Crippen LogP contribution in [0.1, 0.15) is 45.7 Å². The third-order valence-corrected chi connectivity index (χ3v) is 5.79. The van der Waals surface area contributed by atoms with Gasteiger partial charge in [0.25, 0.3) is 0 Å². The molecule has 150 valence electrons. The summed E-state index contributed by atoms with van der Waals surface area (Å²) in [5, 5.41) is 9.30. The number of ether oxygens (including phenoxy) is 1. The number of hydrogen-bond donors (Lipinski definition) is 0. The van der Waals surface area contributed by atoms with Crippen LogP contribution in [0.2, 0.25) is 0 Å². The van der Waals surface area contributed by atoms with Gasteiger partial charge in [-0.05, 0) is 43.2 Å². The molecule has 5 heteroatoms. The van der Waals surface area contributed by atoms with E-state index >= 15 is 0 Å². The molecule has 30 heavy (non-hydrogen) atoms. The predicted octanol–water partition coefficient (Wildman–Crippen LogP) is 5.70. The van der Waals surface area contributed by atoms with Crippen molar-refractivity contribution < 1.29 is 14.3 Å². The van der Waals surface area contributed by atoms with Crippen LogP contribution < -0.4 is 0 Å². The molecule has 0 amide bonds. The molecule has 0 aliphatic rings. The van der Waals surface area contributed by atoms with Crippen molar-refractivity contribution in [2.75, 3.05) is 0 Å². The molecule has 0 spiro atoms. The Morgan fingerprint density at radius 1 is 0.967 bits per heavy atom. The van der Waals surface area contributed by atoms with Crippen molar-refractivity contribution in [3.63, 3.8) is 0 Å². The van der Waals surface area contributed by atoms with Crippen LogP contribution in [0.4, 0.5) is 0 Å². The molecule has 4 nitrogen and oxygen atoms in total. The van der Waals surface area contributed by atoms with Gasteiger partial charge >= 0.3 is 5.97 Å². The number of nitriles is 1. The Hall–Kier alpha value is -3.36. The topological polar surface area (TPSA) is 67.2 Å². The molecular weight excluding hydrogens is 394 g/mol. The summed E-state index contributed by atoms with van der Waals surface area (Å²) >= 11 is 1.32. The van der Waals surface area contributed by atoms with E-state index in [-0.39, 0.29) is 5.78 Å². The van der Waals surface area contributed by atoms with Crippen molar-refractivity contribution in [1.29, 1.82) is 5.26 Å². The van der Waals surface area contributed by atoms with Crippen molar-refractivity contribution in [2.24, 2.45) is 0 Å². The molecule has 0 radical (unpaired) electrons. The van der Waals surface area contributed by atoms with E-state index < -0.39 is 12.1 Å². The highest BCUT2D eigenvalue weighted by Crippen LogP contribution is 2.33. The quantitative estimate of drug-likeness (QED) is 0.366. The van der Waals surface area contributed by atoms with Gasteiger partial charge in [-0.3, -0.25) is 4.79 Å². The number of Topliss-reactive ketones (excluding diaryl/α,β-unsaturated/α-hetero) is 1. The zero-order valence-corrected chi connectivity index (χ0v) is 17.6. The molecule has 3 aromatic carbocycles. The predicted molar refractivity (Wildman–Crippen MR) is 117 cm³/mol. The number of ketones is 1. The van der Waals surface area contributed by atoms with Gasteiger partial charge in [-0.1, -0.05) is 67.2 Å². The number of benzene rings is 3. The van der Waals surface area contributed by atoms with Gasteiger partial charge in [0, 0.05) is 15.4 Å². The summed E-state index contributed by atoms with van der Waals surface area (Å²) in [5.74, 6) is -0.815. The summed E-state index contributed by atoms with van der Waals surface area (Å²) in [6.45, 7) is 3.63. The Kier molecular flexibility index (Phi) is 7.05. The highest BCUT2D eigenvalue weighted by molar-refractivity contribution is 7.99. The fraction of sp³-hybridized carbons (Fsp3) is 0.160. The minimum atomic E-state index is -0.908. The molecule has 1 atom stereocenters. The van der Waals surface area contributed by atoms with Crippen molar-refractivity contribution in [3.05, 3.63) is 95.1 Å². The average molecular weight is 416 g/mol. The van der Waals surface area contributed by atoms with Gasteiger partial charge in [0.1, 0.15) is 6.07 Å². The summed E-state index contributed by atoms with van der Waals surface area (Å²) in [6.07, 6.45) is -0.0167. The molecule has 0 unspecified atom stereocenters. The number of carbonyl (C=O) groups excluding carboxylic acids is 2.